The van der Waals surface area contributed by atoms with E-state index < -0.39 is 0 Å². The number of nitrogens with zero attached hydrogens (tertiary/aromatic N) is 4. The van der Waals surface area contributed by atoms with E-state index in [9.17, 15) is 0 Å². The second kappa shape index (κ2) is 9.58. The van der Waals surface area contributed by atoms with Crippen LogP contribution in [0.4, 0.5) is 0 Å². The maximum Gasteiger partial charge on any atom is 0.209 e. The van der Waals surface area contributed by atoms with Gasteiger partial charge in [0.25, 0.3) is 0 Å². The molecule has 31 heavy (non-hydrogen) atoms. The Kier molecular flexibility index (Phi) is 6.23. The van der Waals surface area contributed by atoms with Crippen molar-refractivity contribution < 1.29 is 4.74 Å². The predicted octanol–water partition coefficient (Wildman–Crippen LogP) is 5.62. The molecule has 3 heterocycles. The lowest BCUT2D eigenvalue weighted by molar-refractivity contribution is 0.144. The van der Waals surface area contributed by atoms with Crippen molar-refractivity contribution in [3.8, 4) is 11.4 Å². The summed E-state index contributed by atoms with van der Waals surface area (Å²) in [5.41, 5.74) is 2.94. The molecule has 2 aromatic rings. The first-order valence-corrected chi connectivity index (χ1v) is 11.8. The molecular formula is C25H31N5O. The highest BCUT2D eigenvalue weighted by Crippen LogP contribution is 2.31. The number of hydrogen-bond acceptors (Lipinski definition) is 5. The zero-order valence-corrected chi connectivity index (χ0v) is 18.1. The molecule has 0 amide bonds. The fourth-order valence-electron chi connectivity index (χ4n) is 4.79. The van der Waals surface area contributed by atoms with E-state index in [0.717, 1.165) is 47.2 Å². The van der Waals surface area contributed by atoms with Gasteiger partial charge in [-0.05, 0) is 62.3 Å². The number of rotatable bonds is 4. The van der Waals surface area contributed by atoms with Gasteiger partial charge in [0.2, 0.25) is 5.90 Å². The number of allylic oxidation sites excluding steroid dienone is 2. The van der Waals surface area contributed by atoms with Gasteiger partial charge in [-0.2, -0.15) is 5.10 Å². The number of pyridine rings is 1. The number of hydrogen-bond donors (Lipinski definition) is 1. The van der Waals surface area contributed by atoms with Gasteiger partial charge in [-0.25, -0.2) is 9.98 Å². The van der Waals surface area contributed by atoms with Gasteiger partial charge in [-0.15, -0.1) is 0 Å². The maximum atomic E-state index is 6.12. The fourth-order valence-corrected chi connectivity index (χ4v) is 4.79. The Morgan fingerprint density at radius 2 is 1.71 bits per heavy atom. The van der Waals surface area contributed by atoms with Gasteiger partial charge in [-0.1, -0.05) is 31.8 Å². The average molecular weight is 418 g/mol. The quantitative estimate of drug-likeness (QED) is 0.701. The van der Waals surface area contributed by atoms with Crippen LogP contribution < -0.4 is 0 Å². The highest BCUT2D eigenvalue weighted by molar-refractivity contribution is 5.92. The third-order valence-electron chi connectivity index (χ3n) is 6.62. The van der Waals surface area contributed by atoms with E-state index >= 15 is 0 Å². The SMILES string of the molecule is C1=CC(OC2CCCCC2)=NCC=C1c1ccc(-c2n[nH]c(C3CCCCC3)n2)cn1. The highest BCUT2D eigenvalue weighted by Gasteiger charge is 2.20. The van der Waals surface area contributed by atoms with Gasteiger partial charge < -0.3 is 4.74 Å². The van der Waals surface area contributed by atoms with Gasteiger partial charge in [0, 0.05) is 23.8 Å². The van der Waals surface area contributed by atoms with E-state index in [-0.39, 0.29) is 0 Å². The molecule has 6 nitrogen and oxygen atoms in total. The summed E-state index contributed by atoms with van der Waals surface area (Å²) in [5.74, 6) is 3.02. The first kappa shape index (κ1) is 20.2. The largest absolute Gasteiger partial charge is 0.475 e. The average Bonchev–Trinajstić information content (AvgIpc) is 3.22. The molecule has 0 aromatic carbocycles. The van der Waals surface area contributed by atoms with Crippen LogP contribution in [-0.2, 0) is 4.74 Å². The zero-order chi connectivity index (χ0) is 20.9. The van der Waals surface area contributed by atoms with Crippen molar-refractivity contribution in [3.63, 3.8) is 0 Å². The molecule has 5 rings (SSSR count). The molecule has 2 aromatic heterocycles. The number of nitrogens with one attached hydrogen (secondary N) is 1. The van der Waals surface area contributed by atoms with Crippen molar-refractivity contribution in [1.82, 2.24) is 20.2 Å². The van der Waals surface area contributed by atoms with Crippen molar-refractivity contribution in [2.45, 2.75) is 76.2 Å². The maximum absolute atomic E-state index is 6.12. The molecule has 2 aliphatic carbocycles. The lowest BCUT2D eigenvalue weighted by Crippen LogP contribution is -2.19. The number of aromatic amines is 1. The minimum Gasteiger partial charge on any atom is -0.475 e. The van der Waals surface area contributed by atoms with Gasteiger partial charge >= 0.3 is 0 Å². The van der Waals surface area contributed by atoms with Crippen LogP contribution in [0.1, 0.15) is 81.6 Å². The molecule has 0 unspecified atom stereocenters. The van der Waals surface area contributed by atoms with Crippen LogP contribution in [0.3, 0.4) is 0 Å². The lowest BCUT2D eigenvalue weighted by atomic mass is 9.89. The number of H-pyrrole nitrogens is 1. The summed E-state index contributed by atoms with van der Waals surface area (Å²) >= 11 is 0. The first-order valence-electron chi connectivity index (χ1n) is 11.8. The Balaban J connectivity index is 1.23. The minimum atomic E-state index is 0.316. The molecule has 6 heteroatoms. The number of ether oxygens (including phenoxy) is 1. The molecule has 162 valence electrons. The molecular weight excluding hydrogens is 386 g/mol. The van der Waals surface area contributed by atoms with Gasteiger partial charge in [0.15, 0.2) is 5.82 Å². The van der Waals surface area contributed by atoms with Crippen molar-refractivity contribution in [2.24, 2.45) is 4.99 Å². The number of aliphatic imine (C=N–C) groups is 1. The predicted molar refractivity (Wildman–Crippen MR) is 123 cm³/mol. The van der Waals surface area contributed by atoms with Crippen LogP contribution in [0.15, 0.2) is 41.6 Å². The normalized spacial score (nSPS) is 20.8. The molecule has 1 aliphatic heterocycles. The molecule has 3 aliphatic rings. The minimum absolute atomic E-state index is 0.316. The van der Waals surface area contributed by atoms with Crippen molar-refractivity contribution in [2.75, 3.05) is 6.54 Å². The molecule has 0 atom stereocenters. The second-order valence-electron chi connectivity index (χ2n) is 8.86. The fraction of sp³-hybridized carbons (Fsp3) is 0.520. The summed E-state index contributed by atoms with van der Waals surface area (Å²) in [5, 5.41) is 7.60. The lowest BCUT2D eigenvalue weighted by Gasteiger charge is -2.22. The molecule has 0 bridgehead atoms. The molecule has 1 N–H and O–H groups in total. The van der Waals surface area contributed by atoms with Crippen LogP contribution >= 0.6 is 0 Å². The van der Waals surface area contributed by atoms with Gasteiger partial charge in [0.05, 0.1) is 12.2 Å². The van der Waals surface area contributed by atoms with Crippen molar-refractivity contribution in [3.05, 3.63) is 48.1 Å². The third kappa shape index (κ3) is 4.94. The van der Waals surface area contributed by atoms with E-state index in [1.165, 1.54) is 51.4 Å². The standard InChI is InChI=1S/C25H31N5O/c1-3-7-19(8-4-1)24-28-25(30-29-24)20-11-13-22(27-17-20)18-12-14-23(26-16-15-18)31-21-9-5-2-6-10-21/h11-15,17,19,21H,1-10,16H2,(H,28,29,30). The summed E-state index contributed by atoms with van der Waals surface area (Å²) in [6.07, 6.45) is 20.8. The summed E-state index contributed by atoms with van der Waals surface area (Å²) < 4.78 is 6.12. The van der Waals surface area contributed by atoms with E-state index in [1.807, 2.05) is 18.3 Å². The van der Waals surface area contributed by atoms with Crippen LogP contribution in [0.25, 0.3) is 17.0 Å². The van der Waals surface area contributed by atoms with Crippen LogP contribution in [0, 0.1) is 0 Å². The molecule has 2 fully saturated rings. The monoisotopic (exact) mass is 417 g/mol. The smallest absolute Gasteiger partial charge is 0.209 e. The van der Waals surface area contributed by atoms with Gasteiger partial charge in [0.1, 0.15) is 11.9 Å². The van der Waals surface area contributed by atoms with E-state index in [2.05, 4.69) is 38.4 Å². The number of aromatic nitrogens is 4. The summed E-state index contributed by atoms with van der Waals surface area (Å²) in [6, 6.07) is 4.09. The summed E-state index contributed by atoms with van der Waals surface area (Å²) in [4.78, 5) is 14.0. The topological polar surface area (TPSA) is 76.1 Å². The van der Waals surface area contributed by atoms with Crippen molar-refractivity contribution >= 4 is 11.5 Å². The summed E-state index contributed by atoms with van der Waals surface area (Å²) in [7, 11) is 0. The summed E-state index contributed by atoms with van der Waals surface area (Å²) in [6.45, 7) is 0.611. The van der Waals surface area contributed by atoms with Gasteiger partial charge in [-0.3, -0.25) is 10.1 Å². The second-order valence-corrected chi connectivity index (χ2v) is 8.86. The van der Waals surface area contributed by atoms with Crippen molar-refractivity contribution in [1.29, 1.82) is 0 Å². The Morgan fingerprint density at radius 3 is 2.48 bits per heavy atom. The molecule has 0 saturated heterocycles. The van der Waals surface area contributed by atoms with Crippen LogP contribution in [0.5, 0.6) is 0 Å². The van der Waals surface area contributed by atoms with Crippen LogP contribution in [-0.4, -0.2) is 38.7 Å². The first-order chi connectivity index (χ1) is 15.3. The Morgan fingerprint density at radius 1 is 0.903 bits per heavy atom. The highest BCUT2D eigenvalue weighted by atomic mass is 16.5. The molecule has 0 radical (unpaired) electrons. The Hall–Kier alpha value is -2.76. The Bertz CT molecular complexity index is 960. The van der Waals surface area contributed by atoms with Crippen LogP contribution in [0.2, 0.25) is 0 Å². The van der Waals surface area contributed by atoms with E-state index in [4.69, 9.17) is 9.72 Å². The van der Waals surface area contributed by atoms with E-state index in [1.54, 1.807) is 0 Å². The molecule has 0 spiro atoms. The Labute approximate surface area is 184 Å². The third-order valence-corrected chi connectivity index (χ3v) is 6.62. The zero-order valence-electron chi connectivity index (χ0n) is 18.1. The molecule has 2 saturated carbocycles. The van der Waals surface area contributed by atoms with E-state index in [0.29, 0.717) is 18.6 Å².